The summed E-state index contributed by atoms with van der Waals surface area (Å²) in [6.07, 6.45) is 1.64. The summed E-state index contributed by atoms with van der Waals surface area (Å²) < 4.78 is 20.6. The van der Waals surface area contributed by atoms with Gasteiger partial charge in [0.15, 0.2) is 0 Å². The molecule has 0 aliphatic heterocycles. The van der Waals surface area contributed by atoms with Crippen LogP contribution in [0.3, 0.4) is 0 Å². The summed E-state index contributed by atoms with van der Waals surface area (Å²) in [4.78, 5) is 4.56. The Labute approximate surface area is 159 Å². The van der Waals surface area contributed by atoms with Crippen LogP contribution < -0.4 is 0 Å². The third-order valence-corrected chi connectivity index (χ3v) is 4.96. The molecule has 2 heterocycles. The van der Waals surface area contributed by atoms with Crippen LogP contribution in [-0.4, -0.2) is 25.2 Å². The van der Waals surface area contributed by atoms with Crippen molar-refractivity contribution in [3.05, 3.63) is 71.4 Å². The van der Waals surface area contributed by atoms with Gasteiger partial charge in [-0.2, -0.15) is 4.68 Å². The molecular weight excluding hydrogens is 365 g/mol. The van der Waals surface area contributed by atoms with Gasteiger partial charge in [0.25, 0.3) is 0 Å². The largest absolute Gasteiger partial charge is 0.444 e. The molecule has 0 radical (unpaired) electrons. The molecule has 0 aliphatic rings. The van der Waals surface area contributed by atoms with Crippen molar-refractivity contribution in [2.24, 2.45) is 0 Å². The highest BCUT2D eigenvalue weighted by Crippen LogP contribution is 2.27. The number of aromatic nitrogens is 5. The van der Waals surface area contributed by atoms with Crippen LogP contribution in [0.4, 0.5) is 4.39 Å². The Bertz CT molecular complexity index is 1090. The minimum atomic E-state index is -0.339. The molecule has 2 aromatic carbocycles. The Balaban J connectivity index is 1.51. The average Bonchev–Trinajstić information content (AvgIpc) is 3.29. The molecule has 0 unspecified atom stereocenters. The number of tetrazole rings is 1. The molecule has 4 aromatic rings. The monoisotopic (exact) mass is 381 g/mol. The number of oxazole rings is 1. The molecule has 8 heteroatoms. The fourth-order valence-electron chi connectivity index (χ4n) is 2.73. The van der Waals surface area contributed by atoms with Crippen LogP contribution in [0.2, 0.25) is 0 Å². The number of rotatable bonds is 5. The van der Waals surface area contributed by atoms with E-state index < -0.39 is 0 Å². The van der Waals surface area contributed by atoms with Gasteiger partial charge in [0.05, 0.1) is 11.4 Å². The van der Waals surface area contributed by atoms with Gasteiger partial charge in [-0.3, -0.25) is 0 Å². The highest BCUT2D eigenvalue weighted by atomic mass is 32.2. The molecule has 0 amide bonds. The lowest BCUT2D eigenvalue weighted by atomic mass is 10.1. The first-order valence-corrected chi connectivity index (χ1v) is 9.28. The van der Waals surface area contributed by atoms with Crippen LogP contribution in [0.5, 0.6) is 0 Å². The third-order valence-electron chi connectivity index (χ3n) is 4.01. The Morgan fingerprint density at radius 1 is 1.15 bits per heavy atom. The minimum Gasteiger partial charge on any atom is -0.444 e. The highest BCUT2D eigenvalue weighted by molar-refractivity contribution is 7.98. The van der Waals surface area contributed by atoms with E-state index in [9.17, 15) is 4.39 Å². The summed E-state index contributed by atoms with van der Waals surface area (Å²) in [5.74, 6) is 0.783. The van der Waals surface area contributed by atoms with Crippen LogP contribution in [0.1, 0.15) is 16.8 Å². The van der Waals surface area contributed by atoms with E-state index in [1.807, 2.05) is 19.1 Å². The SMILES string of the molecule is Cc1ccc(-c2nc(CSc3nnnn3-c3cccc(F)c3)co2)c(C)c1. The first-order valence-electron chi connectivity index (χ1n) is 8.29. The number of hydrogen-bond acceptors (Lipinski definition) is 6. The van der Waals surface area contributed by atoms with Crippen molar-refractivity contribution < 1.29 is 8.81 Å². The number of hydrogen-bond donors (Lipinski definition) is 0. The number of nitrogens with zero attached hydrogens (tertiary/aromatic N) is 5. The summed E-state index contributed by atoms with van der Waals surface area (Å²) in [5, 5.41) is 12.2. The Kier molecular flexibility index (Phi) is 4.72. The van der Waals surface area contributed by atoms with Gasteiger partial charge in [-0.1, -0.05) is 35.5 Å². The van der Waals surface area contributed by atoms with Gasteiger partial charge < -0.3 is 4.42 Å². The van der Waals surface area contributed by atoms with Gasteiger partial charge in [0.1, 0.15) is 12.1 Å². The van der Waals surface area contributed by atoms with Crippen molar-refractivity contribution in [2.45, 2.75) is 24.8 Å². The Hall–Kier alpha value is -3.00. The molecule has 2 aromatic heterocycles. The van der Waals surface area contributed by atoms with E-state index in [4.69, 9.17) is 4.42 Å². The van der Waals surface area contributed by atoms with Crippen LogP contribution in [-0.2, 0) is 5.75 Å². The van der Waals surface area contributed by atoms with Gasteiger partial charge >= 0.3 is 0 Å². The van der Waals surface area contributed by atoms with Crippen molar-refractivity contribution >= 4 is 11.8 Å². The van der Waals surface area contributed by atoms with E-state index >= 15 is 0 Å². The average molecular weight is 381 g/mol. The zero-order valence-corrected chi connectivity index (χ0v) is 15.6. The molecule has 27 heavy (non-hydrogen) atoms. The number of benzene rings is 2. The van der Waals surface area contributed by atoms with Gasteiger partial charge in [-0.05, 0) is 54.1 Å². The van der Waals surface area contributed by atoms with Crippen molar-refractivity contribution in [1.82, 2.24) is 25.2 Å². The van der Waals surface area contributed by atoms with Crippen molar-refractivity contribution in [1.29, 1.82) is 0 Å². The molecular formula is C19H16FN5OS. The standard InChI is InChI=1S/C19H16FN5OS/c1-12-6-7-17(13(2)8-12)18-21-15(10-26-18)11-27-19-22-23-24-25(19)16-5-3-4-14(20)9-16/h3-10H,11H2,1-2H3. The number of thioether (sulfide) groups is 1. The lowest BCUT2D eigenvalue weighted by Gasteiger charge is -2.03. The zero-order chi connectivity index (χ0) is 18.8. The Morgan fingerprint density at radius 3 is 2.85 bits per heavy atom. The van der Waals surface area contributed by atoms with Gasteiger partial charge in [0, 0.05) is 11.3 Å². The van der Waals surface area contributed by atoms with E-state index in [1.165, 1.54) is 34.1 Å². The lowest BCUT2D eigenvalue weighted by Crippen LogP contribution is -1.99. The maximum absolute atomic E-state index is 13.5. The summed E-state index contributed by atoms with van der Waals surface area (Å²) >= 11 is 1.40. The summed E-state index contributed by atoms with van der Waals surface area (Å²) in [5.41, 5.74) is 4.64. The number of halogens is 1. The normalized spacial score (nSPS) is 11.1. The first kappa shape index (κ1) is 17.4. The highest BCUT2D eigenvalue weighted by Gasteiger charge is 2.13. The molecule has 0 spiro atoms. The number of aryl methyl sites for hydroxylation is 2. The molecule has 0 N–H and O–H groups in total. The lowest BCUT2D eigenvalue weighted by molar-refractivity contribution is 0.573. The molecule has 0 aliphatic carbocycles. The predicted octanol–water partition coefficient (Wildman–Crippen LogP) is 4.37. The molecule has 0 bridgehead atoms. The first-order chi connectivity index (χ1) is 13.1. The second-order valence-corrected chi connectivity index (χ2v) is 7.05. The predicted molar refractivity (Wildman–Crippen MR) is 100 cm³/mol. The van der Waals surface area contributed by atoms with Crippen LogP contribution in [0, 0.1) is 19.7 Å². The van der Waals surface area contributed by atoms with Crippen molar-refractivity contribution in [2.75, 3.05) is 0 Å². The quantitative estimate of drug-likeness (QED) is 0.478. The topological polar surface area (TPSA) is 69.6 Å². The second-order valence-electron chi connectivity index (χ2n) is 6.10. The molecule has 0 atom stereocenters. The van der Waals surface area contributed by atoms with E-state index in [0.717, 1.165) is 16.8 Å². The second kappa shape index (κ2) is 7.32. The van der Waals surface area contributed by atoms with Crippen LogP contribution in [0.15, 0.2) is 58.3 Å². The van der Waals surface area contributed by atoms with E-state index in [1.54, 1.807) is 18.4 Å². The zero-order valence-electron chi connectivity index (χ0n) is 14.8. The van der Waals surface area contributed by atoms with E-state index in [2.05, 4.69) is 33.5 Å². The maximum Gasteiger partial charge on any atom is 0.226 e. The fourth-order valence-corrected chi connectivity index (χ4v) is 3.50. The van der Waals surface area contributed by atoms with Gasteiger partial charge in [-0.15, -0.1) is 5.10 Å². The molecule has 0 saturated heterocycles. The molecule has 0 saturated carbocycles. The summed E-state index contributed by atoms with van der Waals surface area (Å²) in [7, 11) is 0. The summed E-state index contributed by atoms with van der Waals surface area (Å²) in [6.45, 7) is 4.09. The minimum absolute atomic E-state index is 0.339. The summed E-state index contributed by atoms with van der Waals surface area (Å²) in [6, 6.07) is 12.3. The van der Waals surface area contributed by atoms with E-state index in [-0.39, 0.29) is 5.82 Å². The van der Waals surface area contributed by atoms with Crippen molar-refractivity contribution in [3.63, 3.8) is 0 Å². The Morgan fingerprint density at radius 2 is 2.04 bits per heavy atom. The van der Waals surface area contributed by atoms with Gasteiger partial charge in [-0.25, -0.2) is 9.37 Å². The molecule has 4 rings (SSSR count). The third kappa shape index (κ3) is 3.75. The molecule has 0 fully saturated rings. The maximum atomic E-state index is 13.5. The molecule has 6 nitrogen and oxygen atoms in total. The smallest absolute Gasteiger partial charge is 0.226 e. The van der Waals surface area contributed by atoms with Crippen molar-refractivity contribution in [3.8, 4) is 17.1 Å². The molecule has 136 valence electrons. The van der Waals surface area contributed by atoms with Crippen LogP contribution >= 0.6 is 11.8 Å². The van der Waals surface area contributed by atoms with E-state index in [0.29, 0.717) is 22.5 Å². The van der Waals surface area contributed by atoms with Gasteiger partial charge in [0.2, 0.25) is 11.0 Å². The fraction of sp³-hybridized carbons (Fsp3) is 0.158. The van der Waals surface area contributed by atoms with Crippen LogP contribution in [0.25, 0.3) is 17.1 Å².